The molecular weight excluding hydrogens is 238 g/mol. The lowest BCUT2D eigenvalue weighted by Gasteiger charge is -2.14. The van der Waals surface area contributed by atoms with Gasteiger partial charge in [-0.25, -0.2) is 0 Å². The Labute approximate surface area is 117 Å². The molecule has 2 N–H and O–H groups in total. The molecule has 0 aliphatic rings. The third-order valence-electron chi connectivity index (χ3n) is 2.97. The Morgan fingerprint density at radius 3 is 2.47 bits per heavy atom. The van der Waals surface area contributed by atoms with Crippen LogP contribution in [0.1, 0.15) is 37.3 Å². The van der Waals surface area contributed by atoms with Crippen LogP contribution in [0, 0.1) is 13.8 Å². The van der Waals surface area contributed by atoms with Crippen LogP contribution in [0.5, 0.6) is 5.75 Å². The van der Waals surface area contributed by atoms with Crippen LogP contribution in [0.3, 0.4) is 0 Å². The number of hydrogen-bond donors (Lipinski definition) is 2. The standard InChI is InChI=1S/C16H27NO2/c1-4-5-6-7-17-11-15(18)12-19-16-9-13(2)8-14(3)10-16/h8-10,15,17-18H,4-7,11-12H2,1-3H3. The molecule has 1 aromatic rings. The van der Waals surface area contributed by atoms with Crippen molar-refractivity contribution in [3.8, 4) is 5.75 Å². The molecule has 0 heterocycles. The van der Waals surface area contributed by atoms with Gasteiger partial charge in [-0.05, 0) is 50.1 Å². The van der Waals surface area contributed by atoms with Crippen molar-refractivity contribution in [2.75, 3.05) is 19.7 Å². The molecule has 3 nitrogen and oxygen atoms in total. The van der Waals surface area contributed by atoms with Gasteiger partial charge in [-0.15, -0.1) is 0 Å². The van der Waals surface area contributed by atoms with Gasteiger partial charge in [-0.3, -0.25) is 0 Å². The lowest BCUT2D eigenvalue weighted by atomic mass is 10.1. The first kappa shape index (κ1) is 16.0. The molecule has 1 unspecified atom stereocenters. The van der Waals surface area contributed by atoms with E-state index >= 15 is 0 Å². The Balaban J connectivity index is 2.20. The van der Waals surface area contributed by atoms with E-state index in [9.17, 15) is 5.11 Å². The zero-order valence-corrected chi connectivity index (χ0v) is 12.4. The number of unbranched alkanes of at least 4 members (excludes halogenated alkanes) is 2. The van der Waals surface area contributed by atoms with Crippen LogP contribution < -0.4 is 10.1 Å². The van der Waals surface area contributed by atoms with Crippen LogP contribution in [0.25, 0.3) is 0 Å². The first-order valence-electron chi connectivity index (χ1n) is 7.21. The number of hydrogen-bond acceptors (Lipinski definition) is 3. The number of aliphatic hydroxyl groups excluding tert-OH is 1. The van der Waals surface area contributed by atoms with E-state index in [1.807, 2.05) is 26.0 Å². The van der Waals surface area contributed by atoms with Crippen molar-refractivity contribution in [1.82, 2.24) is 5.32 Å². The minimum absolute atomic E-state index is 0.337. The van der Waals surface area contributed by atoms with Gasteiger partial charge < -0.3 is 15.2 Å². The number of ether oxygens (including phenoxy) is 1. The first-order chi connectivity index (χ1) is 9.11. The molecule has 0 fully saturated rings. The lowest BCUT2D eigenvalue weighted by molar-refractivity contribution is 0.106. The van der Waals surface area contributed by atoms with Crippen LogP contribution in [0.15, 0.2) is 18.2 Å². The van der Waals surface area contributed by atoms with Crippen molar-refractivity contribution in [3.05, 3.63) is 29.3 Å². The number of aryl methyl sites for hydroxylation is 2. The van der Waals surface area contributed by atoms with E-state index in [4.69, 9.17) is 4.74 Å². The average Bonchev–Trinajstić information content (AvgIpc) is 2.35. The number of nitrogens with one attached hydrogen (secondary N) is 1. The molecule has 0 aliphatic carbocycles. The Morgan fingerprint density at radius 1 is 1.16 bits per heavy atom. The zero-order chi connectivity index (χ0) is 14.1. The third kappa shape index (κ3) is 7.19. The van der Waals surface area contributed by atoms with Gasteiger partial charge in [0, 0.05) is 6.54 Å². The highest BCUT2D eigenvalue weighted by Crippen LogP contribution is 2.16. The van der Waals surface area contributed by atoms with Crippen molar-refractivity contribution in [3.63, 3.8) is 0 Å². The summed E-state index contributed by atoms with van der Waals surface area (Å²) in [6.07, 6.45) is 3.17. The van der Waals surface area contributed by atoms with Crippen molar-refractivity contribution in [1.29, 1.82) is 0 Å². The van der Waals surface area contributed by atoms with E-state index in [0.29, 0.717) is 13.2 Å². The van der Waals surface area contributed by atoms with Gasteiger partial charge in [0.15, 0.2) is 0 Å². The Hall–Kier alpha value is -1.06. The Morgan fingerprint density at radius 2 is 1.84 bits per heavy atom. The highest BCUT2D eigenvalue weighted by atomic mass is 16.5. The molecule has 3 heteroatoms. The molecule has 0 bridgehead atoms. The second-order valence-electron chi connectivity index (χ2n) is 5.20. The summed E-state index contributed by atoms with van der Waals surface area (Å²) in [5, 5.41) is 13.1. The zero-order valence-electron chi connectivity index (χ0n) is 12.4. The summed E-state index contributed by atoms with van der Waals surface area (Å²) in [6.45, 7) is 8.18. The van der Waals surface area contributed by atoms with Gasteiger partial charge in [-0.2, -0.15) is 0 Å². The van der Waals surface area contributed by atoms with E-state index < -0.39 is 6.10 Å². The minimum atomic E-state index is -0.456. The van der Waals surface area contributed by atoms with Gasteiger partial charge >= 0.3 is 0 Å². The SMILES string of the molecule is CCCCCNCC(O)COc1cc(C)cc(C)c1. The lowest BCUT2D eigenvalue weighted by Crippen LogP contribution is -2.32. The largest absolute Gasteiger partial charge is 0.491 e. The second kappa shape index (κ2) is 8.94. The third-order valence-corrected chi connectivity index (χ3v) is 2.97. The predicted molar refractivity (Wildman–Crippen MR) is 79.8 cm³/mol. The van der Waals surface area contributed by atoms with E-state index in [2.05, 4.69) is 18.3 Å². The van der Waals surface area contributed by atoms with E-state index in [0.717, 1.165) is 12.3 Å². The van der Waals surface area contributed by atoms with Crippen molar-refractivity contribution >= 4 is 0 Å². The maximum absolute atomic E-state index is 9.82. The normalized spacial score (nSPS) is 12.4. The van der Waals surface area contributed by atoms with Gasteiger partial charge in [0.05, 0.1) is 0 Å². The quantitative estimate of drug-likeness (QED) is 0.675. The maximum atomic E-state index is 9.82. The highest BCUT2D eigenvalue weighted by molar-refractivity contribution is 5.32. The second-order valence-corrected chi connectivity index (χ2v) is 5.20. The smallest absolute Gasteiger partial charge is 0.119 e. The van der Waals surface area contributed by atoms with Crippen molar-refractivity contribution < 1.29 is 9.84 Å². The summed E-state index contributed by atoms with van der Waals surface area (Å²) >= 11 is 0. The van der Waals surface area contributed by atoms with Crippen LogP contribution in [-0.4, -0.2) is 30.9 Å². The highest BCUT2D eigenvalue weighted by Gasteiger charge is 2.05. The summed E-state index contributed by atoms with van der Waals surface area (Å²) in [5.41, 5.74) is 2.37. The van der Waals surface area contributed by atoms with E-state index in [-0.39, 0.29) is 0 Å². The molecule has 0 saturated carbocycles. The molecule has 19 heavy (non-hydrogen) atoms. The number of benzene rings is 1. The molecule has 0 saturated heterocycles. The molecule has 108 valence electrons. The summed E-state index contributed by atoms with van der Waals surface area (Å²) in [7, 11) is 0. The van der Waals surface area contributed by atoms with E-state index in [1.54, 1.807) is 0 Å². The molecular formula is C16H27NO2. The average molecular weight is 265 g/mol. The summed E-state index contributed by atoms with van der Waals surface area (Å²) in [4.78, 5) is 0. The van der Waals surface area contributed by atoms with Gasteiger partial charge in [0.25, 0.3) is 0 Å². The number of aliphatic hydroxyl groups is 1. The Kier molecular flexibility index (Phi) is 7.53. The minimum Gasteiger partial charge on any atom is -0.491 e. The van der Waals surface area contributed by atoms with Crippen LogP contribution in [0.2, 0.25) is 0 Å². The van der Waals surface area contributed by atoms with Gasteiger partial charge in [0.1, 0.15) is 18.5 Å². The molecule has 1 aromatic carbocycles. The fourth-order valence-corrected chi connectivity index (χ4v) is 2.04. The van der Waals surface area contributed by atoms with E-state index in [1.165, 1.54) is 30.4 Å². The molecule has 0 aromatic heterocycles. The molecule has 0 spiro atoms. The summed E-state index contributed by atoms with van der Waals surface area (Å²) in [6, 6.07) is 6.10. The fourth-order valence-electron chi connectivity index (χ4n) is 2.04. The topological polar surface area (TPSA) is 41.5 Å². The molecule has 1 rings (SSSR count). The van der Waals surface area contributed by atoms with Crippen LogP contribution in [-0.2, 0) is 0 Å². The monoisotopic (exact) mass is 265 g/mol. The predicted octanol–water partition coefficient (Wildman–Crippen LogP) is 2.82. The van der Waals surface area contributed by atoms with Crippen molar-refractivity contribution in [2.24, 2.45) is 0 Å². The summed E-state index contributed by atoms with van der Waals surface area (Å²) < 4.78 is 5.62. The summed E-state index contributed by atoms with van der Waals surface area (Å²) in [5.74, 6) is 0.836. The fraction of sp³-hybridized carbons (Fsp3) is 0.625. The van der Waals surface area contributed by atoms with Crippen LogP contribution in [0.4, 0.5) is 0 Å². The number of rotatable bonds is 9. The molecule has 0 aliphatic heterocycles. The van der Waals surface area contributed by atoms with Crippen molar-refractivity contribution in [2.45, 2.75) is 46.1 Å². The molecule has 0 amide bonds. The first-order valence-corrected chi connectivity index (χ1v) is 7.21. The van der Waals surface area contributed by atoms with Gasteiger partial charge in [0.2, 0.25) is 0 Å². The molecule has 0 radical (unpaired) electrons. The van der Waals surface area contributed by atoms with Gasteiger partial charge in [-0.1, -0.05) is 25.8 Å². The Bertz CT molecular complexity index is 346. The van der Waals surface area contributed by atoms with Crippen LogP contribution >= 0.6 is 0 Å². The molecule has 1 atom stereocenters. The maximum Gasteiger partial charge on any atom is 0.119 e.